The molecule has 6 heteroatoms. The van der Waals surface area contributed by atoms with Crippen molar-refractivity contribution in [2.24, 2.45) is 5.10 Å². The summed E-state index contributed by atoms with van der Waals surface area (Å²) in [5.41, 5.74) is 5.97. The lowest BCUT2D eigenvalue weighted by Crippen LogP contribution is -2.21. The summed E-state index contributed by atoms with van der Waals surface area (Å²) in [4.78, 5) is 10.1. The molecule has 0 N–H and O–H groups in total. The third-order valence-corrected chi connectivity index (χ3v) is 6.89. The smallest absolute Gasteiger partial charge is 0.247 e. The molecule has 0 saturated heterocycles. The zero-order valence-corrected chi connectivity index (χ0v) is 21.3. The van der Waals surface area contributed by atoms with Gasteiger partial charge >= 0.3 is 0 Å². The zero-order chi connectivity index (χ0) is 24.5. The standard InChI is InChI=1S/C30H23BrN4O/c1-36-24-14-8-13-22(17-24)27-19-28(20-9-4-2-5-10-20)35(34-27)30-32-26-16-15-23(31)18-25(26)29(33-30)21-11-6-3-7-12-21/h2-18,28H,19H2,1H3/t28-/m0/s1. The van der Waals surface area contributed by atoms with E-state index in [2.05, 4.69) is 64.5 Å². The Morgan fingerprint density at radius 2 is 1.56 bits per heavy atom. The molecule has 5 aromatic rings. The van der Waals surface area contributed by atoms with E-state index in [-0.39, 0.29) is 6.04 Å². The number of hydrogen-bond acceptors (Lipinski definition) is 5. The summed E-state index contributed by atoms with van der Waals surface area (Å²) in [7, 11) is 1.68. The van der Waals surface area contributed by atoms with Crippen LogP contribution in [0.1, 0.15) is 23.6 Å². The first-order chi connectivity index (χ1) is 17.7. The van der Waals surface area contributed by atoms with E-state index in [1.54, 1.807) is 7.11 Å². The number of fused-ring (bicyclic) bond motifs is 1. The fraction of sp³-hybridized carbons (Fsp3) is 0.100. The largest absolute Gasteiger partial charge is 0.497 e. The summed E-state index contributed by atoms with van der Waals surface area (Å²) in [5.74, 6) is 1.39. The molecule has 0 aliphatic carbocycles. The molecule has 0 unspecified atom stereocenters. The molecule has 1 aliphatic rings. The van der Waals surface area contributed by atoms with Crippen LogP contribution in [-0.2, 0) is 0 Å². The number of anilines is 1. The molecule has 0 saturated carbocycles. The van der Waals surface area contributed by atoms with E-state index in [9.17, 15) is 0 Å². The molecule has 1 atom stereocenters. The lowest BCUT2D eigenvalue weighted by atomic mass is 9.98. The quantitative estimate of drug-likeness (QED) is 0.235. The molecular weight excluding hydrogens is 512 g/mol. The highest BCUT2D eigenvalue weighted by molar-refractivity contribution is 9.10. The minimum Gasteiger partial charge on any atom is -0.497 e. The predicted molar refractivity (Wildman–Crippen MR) is 148 cm³/mol. The van der Waals surface area contributed by atoms with Gasteiger partial charge in [0.2, 0.25) is 5.95 Å². The zero-order valence-electron chi connectivity index (χ0n) is 19.7. The minimum absolute atomic E-state index is 0.0241. The number of aromatic nitrogens is 2. The fourth-order valence-corrected chi connectivity index (χ4v) is 4.97. The van der Waals surface area contributed by atoms with Gasteiger partial charge in [-0.2, -0.15) is 5.10 Å². The second-order valence-corrected chi connectivity index (χ2v) is 9.57. The first-order valence-corrected chi connectivity index (χ1v) is 12.6. The monoisotopic (exact) mass is 534 g/mol. The van der Waals surface area contributed by atoms with Crippen molar-refractivity contribution >= 4 is 38.5 Å². The summed E-state index contributed by atoms with van der Waals surface area (Å²) >= 11 is 3.61. The Morgan fingerprint density at radius 3 is 2.33 bits per heavy atom. The topological polar surface area (TPSA) is 50.6 Å². The van der Waals surface area contributed by atoms with Gasteiger partial charge in [-0.3, -0.25) is 0 Å². The maximum Gasteiger partial charge on any atom is 0.247 e. The molecule has 0 spiro atoms. The molecule has 1 aromatic heterocycles. The van der Waals surface area contributed by atoms with Gasteiger partial charge in [0, 0.05) is 27.4 Å². The number of benzene rings is 4. The Morgan fingerprint density at radius 1 is 0.806 bits per heavy atom. The minimum atomic E-state index is -0.0241. The summed E-state index contributed by atoms with van der Waals surface area (Å²) in [6.45, 7) is 0. The Balaban J connectivity index is 1.53. The van der Waals surface area contributed by atoms with Crippen LogP contribution >= 0.6 is 15.9 Å². The predicted octanol–water partition coefficient (Wildman–Crippen LogP) is 7.42. The highest BCUT2D eigenvalue weighted by atomic mass is 79.9. The van der Waals surface area contributed by atoms with Crippen molar-refractivity contribution in [2.45, 2.75) is 12.5 Å². The van der Waals surface area contributed by atoms with Gasteiger partial charge < -0.3 is 4.74 Å². The molecule has 4 aromatic carbocycles. The van der Waals surface area contributed by atoms with Crippen molar-refractivity contribution in [1.29, 1.82) is 0 Å². The number of nitrogens with zero attached hydrogens (tertiary/aromatic N) is 4. The fourth-order valence-electron chi connectivity index (χ4n) is 4.61. The molecule has 0 fully saturated rings. The molecule has 0 radical (unpaired) electrons. The van der Waals surface area contributed by atoms with Crippen LogP contribution in [0, 0.1) is 0 Å². The highest BCUT2D eigenvalue weighted by Gasteiger charge is 2.32. The van der Waals surface area contributed by atoms with Gasteiger partial charge in [-0.25, -0.2) is 15.0 Å². The second kappa shape index (κ2) is 9.55. The van der Waals surface area contributed by atoms with E-state index < -0.39 is 0 Å². The summed E-state index contributed by atoms with van der Waals surface area (Å²) in [6, 6.07) is 34.8. The summed E-state index contributed by atoms with van der Waals surface area (Å²) in [6.07, 6.45) is 0.736. The van der Waals surface area contributed by atoms with Gasteiger partial charge in [-0.15, -0.1) is 0 Å². The summed E-state index contributed by atoms with van der Waals surface area (Å²) in [5, 5.41) is 8.04. The Hall–Kier alpha value is -4.03. The van der Waals surface area contributed by atoms with Crippen molar-refractivity contribution in [1.82, 2.24) is 9.97 Å². The third kappa shape index (κ3) is 4.25. The van der Waals surface area contributed by atoms with Crippen molar-refractivity contribution in [3.63, 3.8) is 0 Å². The van der Waals surface area contributed by atoms with Gasteiger partial charge in [0.15, 0.2) is 0 Å². The molecular formula is C30H23BrN4O. The van der Waals surface area contributed by atoms with E-state index in [0.717, 1.165) is 50.1 Å². The van der Waals surface area contributed by atoms with Crippen molar-refractivity contribution in [3.8, 4) is 17.0 Å². The van der Waals surface area contributed by atoms with Gasteiger partial charge in [0.1, 0.15) is 5.75 Å². The maximum absolute atomic E-state index is 5.46. The van der Waals surface area contributed by atoms with Gasteiger partial charge in [0.25, 0.3) is 0 Å². The first-order valence-electron chi connectivity index (χ1n) is 11.8. The van der Waals surface area contributed by atoms with Crippen molar-refractivity contribution < 1.29 is 4.74 Å². The average Bonchev–Trinajstić information content (AvgIpc) is 3.39. The van der Waals surface area contributed by atoms with Gasteiger partial charge in [-0.1, -0.05) is 88.7 Å². The Kier molecular flexibility index (Phi) is 5.95. The maximum atomic E-state index is 5.46. The van der Waals surface area contributed by atoms with Crippen LogP contribution in [-0.4, -0.2) is 22.8 Å². The molecule has 6 rings (SSSR count). The van der Waals surface area contributed by atoms with Gasteiger partial charge in [0.05, 0.1) is 30.1 Å². The summed E-state index contributed by atoms with van der Waals surface area (Å²) < 4.78 is 6.45. The Bertz CT molecular complexity index is 1570. The van der Waals surface area contributed by atoms with Crippen LogP contribution in [0.4, 0.5) is 5.95 Å². The number of methoxy groups -OCH3 is 1. The average molecular weight is 535 g/mol. The van der Waals surface area contributed by atoms with Crippen LogP contribution in [0.15, 0.2) is 113 Å². The van der Waals surface area contributed by atoms with Crippen LogP contribution in [0.2, 0.25) is 0 Å². The molecule has 176 valence electrons. The van der Waals surface area contributed by atoms with Crippen LogP contribution in [0.3, 0.4) is 0 Å². The van der Waals surface area contributed by atoms with Crippen molar-refractivity contribution in [3.05, 3.63) is 119 Å². The molecule has 0 bridgehead atoms. The van der Waals surface area contributed by atoms with Crippen LogP contribution in [0.25, 0.3) is 22.2 Å². The number of hydrazone groups is 1. The SMILES string of the molecule is COc1cccc(C2=NN(c3nc(-c4ccccc4)c4cc(Br)ccc4n3)[C@H](c3ccccc3)C2)c1. The van der Waals surface area contributed by atoms with E-state index in [1.165, 1.54) is 5.56 Å². The molecule has 0 amide bonds. The highest BCUT2D eigenvalue weighted by Crippen LogP contribution is 2.38. The number of hydrogen-bond donors (Lipinski definition) is 0. The molecule has 36 heavy (non-hydrogen) atoms. The first kappa shape index (κ1) is 22.4. The van der Waals surface area contributed by atoms with E-state index in [0.29, 0.717) is 5.95 Å². The second-order valence-electron chi connectivity index (χ2n) is 8.65. The molecule has 1 aliphatic heterocycles. The lowest BCUT2D eigenvalue weighted by molar-refractivity contribution is 0.414. The third-order valence-electron chi connectivity index (χ3n) is 6.40. The number of ether oxygens (including phenoxy) is 1. The van der Waals surface area contributed by atoms with E-state index in [1.807, 2.05) is 59.6 Å². The Labute approximate surface area is 218 Å². The number of halogens is 1. The van der Waals surface area contributed by atoms with Crippen LogP contribution < -0.4 is 9.75 Å². The van der Waals surface area contributed by atoms with Crippen LogP contribution in [0.5, 0.6) is 5.75 Å². The number of rotatable bonds is 5. The van der Waals surface area contributed by atoms with Crippen molar-refractivity contribution in [2.75, 3.05) is 12.1 Å². The van der Waals surface area contributed by atoms with E-state index >= 15 is 0 Å². The normalized spacial score (nSPS) is 15.2. The lowest BCUT2D eigenvalue weighted by Gasteiger charge is -2.23. The van der Waals surface area contributed by atoms with Gasteiger partial charge in [-0.05, 0) is 35.9 Å². The van der Waals surface area contributed by atoms with E-state index in [4.69, 9.17) is 19.8 Å². The molecule has 2 heterocycles. The molecule has 5 nitrogen and oxygen atoms in total.